The summed E-state index contributed by atoms with van der Waals surface area (Å²) in [6, 6.07) is 17.4. The summed E-state index contributed by atoms with van der Waals surface area (Å²) in [4.78, 5) is 29.9. The molecule has 0 atom stereocenters. The number of carbonyl (C=O) groups is 2. The van der Waals surface area contributed by atoms with Gasteiger partial charge in [-0.05, 0) is 71.9 Å². The summed E-state index contributed by atoms with van der Waals surface area (Å²) < 4.78 is 15.6. The number of hydrogen-bond acceptors (Lipinski definition) is 3. The fourth-order valence-electron chi connectivity index (χ4n) is 6.24. The highest BCUT2D eigenvalue weighted by Gasteiger charge is 2.45. The van der Waals surface area contributed by atoms with Crippen molar-refractivity contribution in [2.75, 3.05) is 0 Å². The molecule has 0 saturated carbocycles. The van der Waals surface area contributed by atoms with Crippen molar-refractivity contribution in [3.05, 3.63) is 99.1 Å². The predicted octanol–water partition coefficient (Wildman–Crippen LogP) is 10.1. The van der Waals surface area contributed by atoms with Gasteiger partial charge in [0.2, 0.25) is 18.2 Å². The largest absolute Gasteiger partial charge is 0.302 e. The number of aryl methyl sites for hydroxylation is 6. The summed E-state index contributed by atoms with van der Waals surface area (Å²) in [6.07, 6.45) is 10.2. The first-order chi connectivity index (χ1) is 20.3. The molecule has 0 bridgehead atoms. The van der Waals surface area contributed by atoms with E-state index in [0.29, 0.717) is 42.1 Å². The van der Waals surface area contributed by atoms with E-state index in [1.807, 2.05) is 6.07 Å². The third-order valence-electron chi connectivity index (χ3n) is 8.00. The summed E-state index contributed by atoms with van der Waals surface area (Å²) in [7, 11) is -4.24. The Morgan fingerprint density at radius 3 is 1.10 bits per heavy atom. The van der Waals surface area contributed by atoms with Crippen molar-refractivity contribution >= 4 is 23.5 Å². The van der Waals surface area contributed by atoms with Crippen molar-refractivity contribution in [3.8, 4) is 0 Å². The lowest BCUT2D eigenvalue weighted by molar-refractivity contribution is 0.103. The molecule has 0 aliphatic carbocycles. The van der Waals surface area contributed by atoms with E-state index in [1.165, 1.54) is 11.1 Å². The van der Waals surface area contributed by atoms with Crippen molar-refractivity contribution in [3.63, 3.8) is 0 Å². The quantitative estimate of drug-likeness (QED) is 0.148. The minimum Gasteiger partial charge on any atom is -0.302 e. The predicted molar refractivity (Wildman–Crippen MR) is 179 cm³/mol. The minimum absolute atomic E-state index is 0.338. The zero-order valence-electron chi connectivity index (χ0n) is 26.9. The van der Waals surface area contributed by atoms with E-state index in [0.717, 1.165) is 73.6 Å². The number of carbonyl (C=O) groups excluding carboxylic acids is 2. The van der Waals surface area contributed by atoms with Gasteiger partial charge >= 0.3 is 0 Å². The first kappa shape index (κ1) is 33.7. The van der Waals surface area contributed by atoms with E-state index in [-0.39, 0.29) is 0 Å². The lowest BCUT2D eigenvalue weighted by Gasteiger charge is -2.24. The normalized spacial score (nSPS) is 11.6. The van der Waals surface area contributed by atoms with Crippen LogP contribution in [0.4, 0.5) is 0 Å². The highest BCUT2D eigenvalue weighted by molar-refractivity contribution is 8.01. The molecule has 3 nitrogen and oxygen atoms in total. The van der Waals surface area contributed by atoms with Gasteiger partial charge in [-0.1, -0.05) is 135 Å². The monoisotopic (exact) mass is 586 g/mol. The van der Waals surface area contributed by atoms with Crippen LogP contribution in [0, 0.1) is 0 Å². The van der Waals surface area contributed by atoms with Crippen molar-refractivity contribution in [2.24, 2.45) is 0 Å². The van der Waals surface area contributed by atoms with Gasteiger partial charge in [-0.2, -0.15) is 0 Å². The summed E-state index contributed by atoms with van der Waals surface area (Å²) in [5.41, 5.74) is 6.22. The number of hydrogen-bond donors (Lipinski definition) is 0. The molecule has 0 N–H and O–H groups in total. The van der Waals surface area contributed by atoms with Crippen molar-refractivity contribution in [2.45, 2.75) is 119 Å². The van der Waals surface area contributed by atoms with E-state index < -0.39 is 18.2 Å². The van der Waals surface area contributed by atoms with Crippen LogP contribution in [0.3, 0.4) is 0 Å². The molecular weight excluding hydrogens is 535 g/mol. The van der Waals surface area contributed by atoms with Gasteiger partial charge in [0.1, 0.15) is 0 Å². The lowest BCUT2D eigenvalue weighted by Crippen LogP contribution is -2.24. The van der Waals surface area contributed by atoms with Crippen LogP contribution >= 0.6 is 7.14 Å². The Hall–Kier alpha value is -2.77. The van der Waals surface area contributed by atoms with Gasteiger partial charge < -0.3 is 4.57 Å². The van der Waals surface area contributed by atoms with Crippen LogP contribution in [-0.2, 0) is 43.1 Å². The fraction of sp³-hybridized carbons (Fsp3) is 0.474. The number of benzene rings is 3. The van der Waals surface area contributed by atoms with Crippen LogP contribution in [-0.4, -0.2) is 11.0 Å². The van der Waals surface area contributed by atoms with Crippen LogP contribution in [0.25, 0.3) is 0 Å². The summed E-state index contributed by atoms with van der Waals surface area (Å²) >= 11 is 0. The Bertz CT molecular complexity index is 1260. The van der Waals surface area contributed by atoms with Crippen LogP contribution in [0.15, 0.2) is 54.6 Å². The molecule has 4 heteroatoms. The number of rotatable bonds is 17. The molecule has 0 aliphatic heterocycles. The molecule has 0 radical (unpaired) electrons. The molecule has 0 amide bonds. The van der Waals surface area contributed by atoms with Crippen molar-refractivity contribution in [1.29, 1.82) is 0 Å². The van der Waals surface area contributed by atoms with Gasteiger partial charge in [0, 0.05) is 16.4 Å². The van der Waals surface area contributed by atoms with E-state index in [4.69, 9.17) is 0 Å². The smallest absolute Gasteiger partial charge is 0.248 e. The Morgan fingerprint density at radius 2 is 0.810 bits per heavy atom. The first-order valence-corrected chi connectivity index (χ1v) is 18.1. The Morgan fingerprint density at radius 1 is 0.500 bits per heavy atom. The van der Waals surface area contributed by atoms with E-state index in [2.05, 4.69) is 65.8 Å². The Balaban J connectivity index is 2.38. The highest BCUT2D eigenvalue weighted by Crippen LogP contribution is 2.53. The molecule has 3 aromatic rings. The van der Waals surface area contributed by atoms with Crippen molar-refractivity contribution in [1.82, 2.24) is 0 Å². The van der Waals surface area contributed by atoms with Crippen LogP contribution in [0.1, 0.15) is 134 Å². The molecule has 0 aliphatic rings. The SMILES string of the molecule is CCCc1cc(CCC)c(C(=O)P(=O)(C(=O)c2c(CCC)cc(CCC)cc2CCC)c2ccccc2)c(CCC)c1. The molecule has 226 valence electrons. The standard InChI is InChI=1S/C38H51O3P/c1-7-16-28-24-30(18-9-3)35(31(25-28)19-10-4)37(39)42(41,34-22-14-13-15-23-34)38(40)36-32(20-11-5)26-29(17-8-2)27-33(36)21-12-6/h13-15,22-27H,7-12,16-21H2,1-6H3. The van der Waals surface area contributed by atoms with Crippen LogP contribution in [0.5, 0.6) is 0 Å². The molecule has 0 unspecified atom stereocenters. The van der Waals surface area contributed by atoms with Gasteiger partial charge in [-0.15, -0.1) is 0 Å². The third kappa shape index (κ3) is 7.41. The molecule has 42 heavy (non-hydrogen) atoms. The van der Waals surface area contributed by atoms with E-state index in [9.17, 15) is 9.59 Å². The maximum Gasteiger partial charge on any atom is 0.248 e. The zero-order chi connectivity index (χ0) is 30.7. The Kier molecular flexibility index (Phi) is 13.0. The van der Waals surface area contributed by atoms with Gasteiger partial charge in [0.15, 0.2) is 0 Å². The molecule has 3 aromatic carbocycles. The fourth-order valence-corrected chi connectivity index (χ4v) is 8.69. The molecule has 0 spiro atoms. The van der Waals surface area contributed by atoms with Crippen molar-refractivity contribution < 1.29 is 14.2 Å². The molecule has 0 saturated heterocycles. The average Bonchev–Trinajstić information content (AvgIpc) is 2.97. The second-order valence-electron chi connectivity index (χ2n) is 11.6. The first-order valence-electron chi connectivity index (χ1n) is 16.3. The highest BCUT2D eigenvalue weighted by atomic mass is 31.2. The van der Waals surface area contributed by atoms with Gasteiger partial charge in [-0.3, -0.25) is 9.59 Å². The van der Waals surface area contributed by atoms with Gasteiger partial charge in [0.25, 0.3) is 0 Å². The second kappa shape index (κ2) is 16.2. The average molecular weight is 587 g/mol. The molecule has 3 rings (SSSR count). The summed E-state index contributed by atoms with van der Waals surface area (Å²) in [5.74, 6) is 0. The van der Waals surface area contributed by atoms with Crippen LogP contribution < -0.4 is 5.30 Å². The third-order valence-corrected chi connectivity index (χ3v) is 10.6. The summed E-state index contributed by atoms with van der Waals surface area (Å²) in [6.45, 7) is 12.7. The van der Waals surface area contributed by atoms with Crippen LogP contribution in [0.2, 0.25) is 0 Å². The summed E-state index contributed by atoms with van der Waals surface area (Å²) in [5, 5.41) is 0.338. The van der Waals surface area contributed by atoms with Gasteiger partial charge in [0.05, 0.1) is 0 Å². The maximum absolute atomic E-state index is 15.6. The lowest BCUT2D eigenvalue weighted by atomic mass is 9.92. The zero-order valence-corrected chi connectivity index (χ0v) is 27.7. The van der Waals surface area contributed by atoms with Gasteiger partial charge in [-0.25, -0.2) is 0 Å². The van der Waals surface area contributed by atoms with E-state index in [1.54, 1.807) is 24.3 Å². The molecule has 0 heterocycles. The van der Waals surface area contributed by atoms with E-state index >= 15 is 4.57 Å². The molecular formula is C38H51O3P. The topological polar surface area (TPSA) is 51.2 Å². The second-order valence-corrected chi connectivity index (χ2v) is 14.2. The minimum atomic E-state index is -4.24. The molecule has 0 aromatic heterocycles. The molecule has 0 fully saturated rings. The maximum atomic E-state index is 15.6. The Labute approximate surface area is 254 Å².